The van der Waals surface area contributed by atoms with Crippen LogP contribution in [0.2, 0.25) is 0 Å². The molecule has 11 heavy (non-hydrogen) atoms. The van der Waals surface area contributed by atoms with E-state index in [1.165, 1.54) is 12.8 Å². The van der Waals surface area contributed by atoms with Crippen LogP contribution in [0.25, 0.3) is 0 Å². The van der Waals surface area contributed by atoms with E-state index < -0.39 is 0 Å². The van der Waals surface area contributed by atoms with E-state index in [1.54, 1.807) is 0 Å². The zero-order valence-corrected chi connectivity index (χ0v) is 8.70. The molecule has 68 valence electrons. The predicted octanol–water partition coefficient (Wildman–Crippen LogP) is 2.81. The second-order valence-electron chi connectivity index (χ2n) is 4.63. The van der Waals surface area contributed by atoms with Crippen LogP contribution in [0.5, 0.6) is 0 Å². The van der Waals surface area contributed by atoms with Gasteiger partial charge < -0.3 is 5.32 Å². The average Bonchev–Trinajstić information content (AvgIpc) is 1.83. The Morgan fingerprint density at radius 1 is 1.27 bits per heavy atom. The molecule has 0 rings (SSSR count). The highest BCUT2D eigenvalue weighted by Gasteiger charge is 2.10. The molecule has 0 radical (unpaired) electrons. The molecule has 1 nitrogen and oxygen atoms in total. The summed E-state index contributed by atoms with van der Waals surface area (Å²) in [6.45, 7) is 12.4. The van der Waals surface area contributed by atoms with Crippen molar-refractivity contribution < 1.29 is 0 Å². The van der Waals surface area contributed by atoms with E-state index in [0.29, 0.717) is 11.5 Å². The molecule has 1 N–H and O–H groups in total. The monoisotopic (exact) mass is 157 g/mol. The van der Waals surface area contributed by atoms with Crippen molar-refractivity contribution in [1.82, 2.24) is 5.32 Å². The van der Waals surface area contributed by atoms with Crippen molar-refractivity contribution in [1.29, 1.82) is 0 Å². The molecule has 0 aliphatic rings. The quantitative estimate of drug-likeness (QED) is 0.661. The van der Waals surface area contributed by atoms with E-state index >= 15 is 0 Å². The zero-order chi connectivity index (χ0) is 8.91. The van der Waals surface area contributed by atoms with Crippen LogP contribution in [0.4, 0.5) is 0 Å². The Morgan fingerprint density at radius 2 is 1.82 bits per heavy atom. The SMILES string of the molecule is CCC[C@H](C)NCC(C)(C)C. The van der Waals surface area contributed by atoms with E-state index in [9.17, 15) is 0 Å². The summed E-state index contributed by atoms with van der Waals surface area (Å²) >= 11 is 0. The van der Waals surface area contributed by atoms with Crippen molar-refractivity contribution >= 4 is 0 Å². The summed E-state index contributed by atoms with van der Waals surface area (Å²) in [5.41, 5.74) is 0.419. The minimum atomic E-state index is 0.419. The lowest BCUT2D eigenvalue weighted by molar-refractivity contribution is 0.350. The first-order valence-electron chi connectivity index (χ1n) is 4.69. The molecule has 0 saturated carbocycles. The van der Waals surface area contributed by atoms with Crippen molar-refractivity contribution in [3.63, 3.8) is 0 Å². The second-order valence-corrected chi connectivity index (χ2v) is 4.63. The minimum absolute atomic E-state index is 0.419. The van der Waals surface area contributed by atoms with Crippen molar-refractivity contribution in [2.24, 2.45) is 5.41 Å². The number of nitrogens with one attached hydrogen (secondary N) is 1. The van der Waals surface area contributed by atoms with Gasteiger partial charge in [-0.25, -0.2) is 0 Å². The molecule has 0 spiro atoms. The fourth-order valence-electron chi connectivity index (χ4n) is 1.02. The van der Waals surface area contributed by atoms with Crippen LogP contribution in [0.15, 0.2) is 0 Å². The van der Waals surface area contributed by atoms with E-state index in [1.807, 2.05) is 0 Å². The van der Waals surface area contributed by atoms with Gasteiger partial charge in [-0.1, -0.05) is 34.1 Å². The minimum Gasteiger partial charge on any atom is -0.314 e. The summed E-state index contributed by atoms with van der Waals surface area (Å²) in [6.07, 6.45) is 2.56. The van der Waals surface area contributed by atoms with Gasteiger partial charge in [0.1, 0.15) is 0 Å². The van der Waals surface area contributed by atoms with E-state index in [2.05, 4.69) is 39.9 Å². The number of hydrogen-bond acceptors (Lipinski definition) is 1. The molecule has 0 unspecified atom stereocenters. The Balaban J connectivity index is 3.38. The molecule has 0 aromatic carbocycles. The highest BCUT2D eigenvalue weighted by atomic mass is 14.9. The van der Waals surface area contributed by atoms with Gasteiger partial charge in [-0.15, -0.1) is 0 Å². The molecule has 1 heteroatoms. The first kappa shape index (κ1) is 11.0. The van der Waals surface area contributed by atoms with Gasteiger partial charge in [-0.05, 0) is 18.8 Å². The molecule has 0 amide bonds. The molecule has 1 atom stereocenters. The van der Waals surface area contributed by atoms with Gasteiger partial charge in [0.25, 0.3) is 0 Å². The van der Waals surface area contributed by atoms with Gasteiger partial charge in [0.15, 0.2) is 0 Å². The van der Waals surface area contributed by atoms with Crippen LogP contribution in [-0.2, 0) is 0 Å². The highest BCUT2D eigenvalue weighted by molar-refractivity contribution is 4.68. The molecule has 0 fully saturated rings. The lowest BCUT2D eigenvalue weighted by Gasteiger charge is -2.22. The fourth-order valence-corrected chi connectivity index (χ4v) is 1.02. The molecular weight excluding hydrogens is 134 g/mol. The second kappa shape index (κ2) is 4.76. The third-order valence-electron chi connectivity index (χ3n) is 1.70. The molecule has 0 saturated heterocycles. The van der Waals surface area contributed by atoms with Gasteiger partial charge >= 0.3 is 0 Å². The highest BCUT2D eigenvalue weighted by Crippen LogP contribution is 2.11. The molecular formula is C10H23N. The Bertz CT molecular complexity index is 91.5. The average molecular weight is 157 g/mol. The Labute approximate surface area is 71.6 Å². The maximum Gasteiger partial charge on any atom is 0.00388 e. The lowest BCUT2D eigenvalue weighted by Crippen LogP contribution is -2.33. The van der Waals surface area contributed by atoms with Crippen molar-refractivity contribution in [2.75, 3.05) is 6.54 Å². The van der Waals surface area contributed by atoms with Crippen LogP contribution in [0, 0.1) is 5.41 Å². The molecule has 0 aromatic rings. The van der Waals surface area contributed by atoms with Gasteiger partial charge in [-0.2, -0.15) is 0 Å². The summed E-state index contributed by atoms with van der Waals surface area (Å²) in [6, 6.07) is 0.680. The largest absolute Gasteiger partial charge is 0.314 e. The summed E-state index contributed by atoms with van der Waals surface area (Å²) < 4.78 is 0. The third kappa shape index (κ3) is 7.86. The van der Waals surface area contributed by atoms with Gasteiger partial charge in [0, 0.05) is 12.6 Å². The van der Waals surface area contributed by atoms with Crippen LogP contribution in [-0.4, -0.2) is 12.6 Å². The van der Waals surface area contributed by atoms with E-state index in [0.717, 1.165) is 6.54 Å². The van der Waals surface area contributed by atoms with Crippen molar-refractivity contribution in [3.05, 3.63) is 0 Å². The fraction of sp³-hybridized carbons (Fsp3) is 1.00. The molecule has 0 heterocycles. The summed E-state index contributed by atoms with van der Waals surface area (Å²) in [7, 11) is 0. The summed E-state index contributed by atoms with van der Waals surface area (Å²) in [5, 5.41) is 3.52. The molecule has 0 aliphatic carbocycles. The maximum absolute atomic E-state index is 3.52. The third-order valence-corrected chi connectivity index (χ3v) is 1.70. The Hall–Kier alpha value is -0.0400. The van der Waals surface area contributed by atoms with Crippen LogP contribution >= 0.6 is 0 Å². The summed E-state index contributed by atoms with van der Waals surface area (Å²) in [5.74, 6) is 0. The number of rotatable bonds is 4. The van der Waals surface area contributed by atoms with Gasteiger partial charge in [-0.3, -0.25) is 0 Å². The first-order valence-corrected chi connectivity index (χ1v) is 4.69. The maximum atomic E-state index is 3.52. The first-order chi connectivity index (χ1) is 4.95. The standard InChI is InChI=1S/C10H23N/c1-6-7-9(2)11-8-10(3,4)5/h9,11H,6-8H2,1-5H3/t9-/m0/s1. The Morgan fingerprint density at radius 3 is 2.18 bits per heavy atom. The molecule has 0 aromatic heterocycles. The van der Waals surface area contributed by atoms with Crippen LogP contribution in [0.1, 0.15) is 47.5 Å². The predicted molar refractivity (Wildman–Crippen MR) is 51.8 cm³/mol. The van der Waals surface area contributed by atoms with Crippen LogP contribution in [0.3, 0.4) is 0 Å². The van der Waals surface area contributed by atoms with E-state index in [4.69, 9.17) is 0 Å². The Kier molecular flexibility index (Phi) is 4.74. The molecule has 0 bridgehead atoms. The van der Waals surface area contributed by atoms with Crippen molar-refractivity contribution in [2.45, 2.75) is 53.5 Å². The van der Waals surface area contributed by atoms with Crippen LogP contribution < -0.4 is 5.32 Å². The van der Waals surface area contributed by atoms with E-state index in [-0.39, 0.29) is 0 Å². The zero-order valence-electron chi connectivity index (χ0n) is 8.70. The van der Waals surface area contributed by atoms with Crippen molar-refractivity contribution in [3.8, 4) is 0 Å². The van der Waals surface area contributed by atoms with Gasteiger partial charge in [0.05, 0.1) is 0 Å². The topological polar surface area (TPSA) is 12.0 Å². The smallest absolute Gasteiger partial charge is 0.00388 e. The number of hydrogen-bond donors (Lipinski definition) is 1. The molecule has 0 aliphatic heterocycles. The lowest BCUT2D eigenvalue weighted by atomic mass is 9.96. The summed E-state index contributed by atoms with van der Waals surface area (Å²) in [4.78, 5) is 0. The normalized spacial score (nSPS) is 15.0. The van der Waals surface area contributed by atoms with Gasteiger partial charge in [0.2, 0.25) is 0 Å².